The number of para-hydroxylation sites is 1. The molecule has 0 radical (unpaired) electrons. The van der Waals surface area contributed by atoms with Crippen LogP contribution in [0.3, 0.4) is 0 Å². The Labute approximate surface area is 180 Å². The maximum atomic E-state index is 13.4. The largest absolute Gasteiger partial charge is 0.353 e. The van der Waals surface area contributed by atoms with Gasteiger partial charge in [0.2, 0.25) is 5.91 Å². The predicted molar refractivity (Wildman–Crippen MR) is 122 cm³/mol. The molecule has 1 N–H and O–H groups in total. The summed E-state index contributed by atoms with van der Waals surface area (Å²) in [6.45, 7) is 7.19. The smallest absolute Gasteiger partial charge is 0.336 e. The quantitative estimate of drug-likeness (QED) is 0.662. The van der Waals surface area contributed by atoms with Crippen LogP contribution in [0.2, 0.25) is 0 Å². The Morgan fingerprint density at radius 1 is 1.00 bits per heavy atom. The molecule has 0 bridgehead atoms. The van der Waals surface area contributed by atoms with Gasteiger partial charge in [0.05, 0.1) is 16.6 Å². The molecule has 7 heteroatoms. The summed E-state index contributed by atoms with van der Waals surface area (Å²) in [5.41, 5.74) is 1.98. The van der Waals surface area contributed by atoms with Gasteiger partial charge in [-0.15, -0.1) is 0 Å². The van der Waals surface area contributed by atoms with Crippen LogP contribution in [0.5, 0.6) is 0 Å². The average molecular weight is 421 g/mol. The highest BCUT2D eigenvalue weighted by Gasteiger charge is 2.18. The predicted octanol–water partition coefficient (Wildman–Crippen LogP) is 1.98. The van der Waals surface area contributed by atoms with E-state index in [2.05, 4.69) is 10.2 Å². The topological polar surface area (TPSA) is 76.3 Å². The number of aryl methyl sites for hydroxylation is 1. The Kier molecular flexibility index (Phi) is 6.04. The maximum absolute atomic E-state index is 13.4. The van der Waals surface area contributed by atoms with Crippen LogP contribution in [0, 0.1) is 13.8 Å². The first-order chi connectivity index (χ1) is 15.0. The van der Waals surface area contributed by atoms with Crippen LogP contribution in [0.4, 0.5) is 0 Å². The Hall–Kier alpha value is -3.19. The van der Waals surface area contributed by atoms with Gasteiger partial charge in [-0.1, -0.05) is 24.3 Å². The fourth-order valence-corrected chi connectivity index (χ4v) is 4.22. The van der Waals surface area contributed by atoms with Crippen molar-refractivity contribution in [2.24, 2.45) is 0 Å². The maximum Gasteiger partial charge on any atom is 0.336 e. The van der Waals surface area contributed by atoms with Gasteiger partial charge >= 0.3 is 5.69 Å². The number of hydrogen-bond donors (Lipinski definition) is 1. The third-order valence-electron chi connectivity index (χ3n) is 6.12. The summed E-state index contributed by atoms with van der Waals surface area (Å²) in [5, 5.41) is 3.33. The number of hydrogen-bond acceptors (Lipinski definition) is 4. The van der Waals surface area contributed by atoms with Crippen LogP contribution >= 0.6 is 0 Å². The number of carbonyl (C=O) groups is 1. The number of likely N-dealkylation sites (tertiary alicyclic amines) is 1. The normalized spacial score (nSPS) is 14.3. The summed E-state index contributed by atoms with van der Waals surface area (Å²) in [7, 11) is 0. The van der Waals surface area contributed by atoms with E-state index < -0.39 is 5.69 Å². The van der Waals surface area contributed by atoms with E-state index in [0.717, 1.165) is 30.8 Å². The van der Waals surface area contributed by atoms with Crippen LogP contribution in [-0.2, 0) is 11.3 Å². The minimum absolute atomic E-state index is 0.134. The first kappa shape index (κ1) is 21.1. The van der Waals surface area contributed by atoms with E-state index in [4.69, 9.17) is 0 Å². The van der Waals surface area contributed by atoms with E-state index in [1.807, 2.05) is 26.0 Å². The van der Waals surface area contributed by atoms with Gasteiger partial charge in [0, 0.05) is 13.1 Å². The SMILES string of the molecule is Cc1cccc(-n2c(=O)c3ccccc3n(CC(=O)NCCN3CCCC3)c2=O)c1C. The molecule has 0 spiro atoms. The molecule has 1 aromatic heterocycles. The van der Waals surface area contributed by atoms with Crippen LogP contribution in [0.25, 0.3) is 16.6 Å². The molecule has 1 saturated heterocycles. The molecule has 3 aromatic rings. The van der Waals surface area contributed by atoms with Crippen molar-refractivity contribution in [2.45, 2.75) is 33.2 Å². The van der Waals surface area contributed by atoms with Crippen molar-refractivity contribution in [3.63, 3.8) is 0 Å². The molecular formula is C24H28N4O3. The molecule has 0 saturated carbocycles. The highest BCUT2D eigenvalue weighted by Crippen LogP contribution is 2.16. The second-order valence-electron chi connectivity index (χ2n) is 8.14. The fraction of sp³-hybridized carbons (Fsp3) is 0.375. The number of amides is 1. The Bertz CT molecular complexity index is 1240. The van der Waals surface area contributed by atoms with Gasteiger partial charge in [0.1, 0.15) is 6.54 Å². The van der Waals surface area contributed by atoms with E-state index in [9.17, 15) is 14.4 Å². The highest BCUT2D eigenvalue weighted by atomic mass is 16.2. The third-order valence-corrected chi connectivity index (χ3v) is 6.12. The summed E-state index contributed by atoms with van der Waals surface area (Å²) in [5.74, 6) is -0.238. The van der Waals surface area contributed by atoms with E-state index in [0.29, 0.717) is 23.1 Å². The summed E-state index contributed by atoms with van der Waals surface area (Å²) in [6.07, 6.45) is 2.41. The standard InChI is InChI=1S/C24H28N4O3/c1-17-8-7-11-20(18(17)2)28-23(30)19-9-3-4-10-21(19)27(24(28)31)16-22(29)25-12-15-26-13-5-6-14-26/h3-4,7-11H,5-6,12-16H2,1-2H3,(H,25,29). The average Bonchev–Trinajstić information content (AvgIpc) is 3.28. The molecule has 4 rings (SSSR count). The molecule has 1 aliphatic rings. The lowest BCUT2D eigenvalue weighted by atomic mass is 10.1. The molecule has 2 heterocycles. The van der Waals surface area contributed by atoms with E-state index >= 15 is 0 Å². The zero-order valence-corrected chi connectivity index (χ0v) is 18.1. The van der Waals surface area contributed by atoms with Crippen molar-refractivity contribution in [1.82, 2.24) is 19.4 Å². The van der Waals surface area contributed by atoms with Crippen molar-refractivity contribution >= 4 is 16.8 Å². The molecule has 31 heavy (non-hydrogen) atoms. The molecule has 2 aromatic carbocycles. The van der Waals surface area contributed by atoms with Crippen molar-refractivity contribution in [3.05, 3.63) is 74.4 Å². The van der Waals surface area contributed by atoms with Gasteiger partial charge in [-0.3, -0.25) is 14.2 Å². The number of rotatable bonds is 6. The summed E-state index contributed by atoms with van der Waals surface area (Å²) >= 11 is 0. The monoisotopic (exact) mass is 420 g/mol. The summed E-state index contributed by atoms with van der Waals surface area (Å²) < 4.78 is 2.58. The first-order valence-electron chi connectivity index (χ1n) is 10.8. The molecule has 0 aliphatic carbocycles. The summed E-state index contributed by atoms with van der Waals surface area (Å²) in [6, 6.07) is 12.5. The molecule has 0 unspecified atom stereocenters. The first-order valence-corrected chi connectivity index (χ1v) is 10.8. The molecule has 0 atom stereocenters. The highest BCUT2D eigenvalue weighted by molar-refractivity contribution is 5.82. The zero-order valence-electron chi connectivity index (χ0n) is 18.1. The van der Waals surface area contributed by atoms with Crippen LogP contribution < -0.4 is 16.6 Å². The van der Waals surface area contributed by atoms with Crippen molar-refractivity contribution in [3.8, 4) is 5.69 Å². The van der Waals surface area contributed by atoms with Crippen LogP contribution in [-0.4, -0.2) is 46.1 Å². The fourth-order valence-electron chi connectivity index (χ4n) is 4.22. The third kappa shape index (κ3) is 4.18. The zero-order chi connectivity index (χ0) is 22.0. The van der Waals surface area contributed by atoms with Gasteiger partial charge in [-0.2, -0.15) is 0 Å². The number of aromatic nitrogens is 2. The second-order valence-corrected chi connectivity index (χ2v) is 8.14. The second kappa shape index (κ2) is 8.89. The van der Waals surface area contributed by atoms with Crippen molar-refractivity contribution in [1.29, 1.82) is 0 Å². The molecule has 1 amide bonds. The lowest BCUT2D eigenvalue weighted by Gasteiger charge is -2.17. The van der Waals surface area contributed by atoms with E-state index in [1.54, 1.807) is 30.3 Å². The van der Waals surface area contributed by atoms with Crippen molar-refractivity contribution in [2.75, 3.05) is 26.2 Å². The Balaban J connectivity index is 1.71. The van der Waals surface area contributed by atoms with E-state index in [-0.39, 0.29) is 18.0 Å². The number of fused-ring (bicyclic) bond motifs is 1. The lowest BCUT2D eigenvalue weighted by molar-refractivity contribution is -0.121. The molecule has 1 aliphatic heterocycles. The molecule has 7 nitrogen and oxygen atoms in total. The van der Waals surface area contributed by atoms with Crippen molar-refractivity contribution < 1.29 is 4.79 Å². The van der Waals surface area contributed by atoms with Crippen LogP contribution in [0.1, 0.15) is 24.0 Å². The van der Waals surface area contributed by atoms with Gasteiger partial charge < -0.3 is 10.2 Å². The Morgan fingerprint density at radius 3 is 2.52 bits per heavy atom. The Morgan fingerprint density at radius 2 is 1.74 bits per heavy atom. The lowest BCUT2D eigenvalue weighted by Crippen LogP contribution is -2.43. The number of carbonyl (C=O) groups excluding carboxylic acids is 1. The van der Waals surface area contributed by atoms with Gasteiger partial charge in [0.25, 0.3) is 5.56 Å². The molecule has 162 valence electrons. The number of nitrogens with zero attached hydrogens (tertiary/aromatic N) is 3. The number of benzene rings is 2. The van der Waals surface area contributed by atoms with Crippen LogP contribution in [0.15, 0.2) is 52.1 Å². The van der Waals surface area contributed by atoms with Gasteiger partial charge in [-0.25, -0.2) is 9.36 Å². The minimum atomic E-state index is -0.507. The van der Waals surface area contributed by atoms with Gasteiger partial charge in [-0.05, 0) is 69.1 Å². The summed E-state index contributed by atoms with van der Waals surface area (Å²) in [4.78, 5) is 41.6. The minimum Gasteiger partial charge on any atom is -0.353 e. The number of nitrogens with one attached hydrogen (secondary N) is 1. The molecular weight excluding hydrogens is 392 g/mol. The van der Waals surface area contributed by atoms with Gasteiger partial charge in [0.15, 0.2) is 0 Å². The van der Waals surface area contributed by atoms with E-state index in [1.165, 1.54) is 22.0 Å². The molecule has 1 fully saturated rings.